The molecule has 0 saturated heterocycles. The number of hydrogen-bond acceptors (Lipinski definition) is 4. The summed E-state index contributed by atoms with van der Waals surface area (Å²) in [5, 5.41) is 18.9. The number of halogens is 2. The van der Waals surface area contributed by atoms with Crippen LogP contribution >= 0.6 is 0 Å². The van der Waals surface area contributed by atoms with Crippen molar-refractivity contribution in [1.82, 2.24) is 9.78 Å². The number of anilines is 1. The van der Waals surface area contributed by atoms with Gasteiger partial charge < -0.3 is 15.2 Å². The van der Waals surface area contributed by atoms with E-state index in [0.717, 1.165) is 10.9 Å². The van der Waals surface area contributed by atoms with Crippen molar-refractivity contribution in [2.75, 3.05) is 5.32 Å². The second-order valence-corrected chi connectivity index (χ2v) is 8.40. The van der Waals surface area contributed by atoms with Crippen LogP contribution in [-0.4, -0.2) is 21.2 Å². The van der Waals surface area contributed by atoms with Crippen molar-refractivity contribution in [3.8, 4) is 17.2 Å². The third-order valence-electron chi connectivity index (χ3n) is 5.84. The number of hydrogen-bond donors (Lipinski definition) is 2. The van der Waals surface area contributed by atoms with E-state index in [9.17, 15) is 9.50 Å². The van der Waals surface area contributed by atoms with E-state index in [1.54, 1.807) is 65.5 Å². The lowest BCUT2D eigenvalue weighted by Gasteiger charge is -2.29. The van der Waals surface area contributed by atoms with E-state index < -0.39 is 11.9 Å². The average Bonchev–Trinajstić information content (AvgIpc) is 3.30. The molecule has 0 amide bonds. The lowest BCUT2D eigenvalue weighted by atomic mass is 9.93. The highest BCUT2D eigenvalue weighted by Gasteiger charge is 2.34. The quantitative estimate of drug-likeness (QED) is 0.264. The molecule has 176 valence electrons. The average molecular weight is 472 g/mol. The highest BCUT2D eigenvalue weighted by molar-refractivity contribution is 5.81. The SMILES string of the molecule is CC(O)(c1ccc2c(cnn2-c2ccc(F)cc2)c1)C(F)Nc1ccc(Oc2ccccc2)cc1. The number of nitrogens with zero attached hydrogens (tertiary/aromatic N) is 2. The molecule has 0 aliphatic carbocycles. The summed E-state index contributed by atoms with van der Waals surface area (Å²) in [5.41, 5.74) is 0.543. The molecule has 2 atom stereocenters. The Morgan fingerprint density at radius 1 is 0.914 bits per heavy atom. The molecule has 5 nitrogen and oxygen atoms in total. The molecule has 5 aromatic rings. The van der Waals surface area contributed by atoms with Gasteiger partial charge in [-0.1, -0.05) is 24.3 Å². The van der Waals surface area contributed by atoms with Crippen molar-refractivity contribution in [1.29, 1.82) is 0 Å². The van der Waals surface area contributed by atoms with Crippen LogP contribution in [0.1, 0.15) is 12.5 Å². The van der Waals surface area contributed by atoms with E-state index in [1.165, 1.54) is 19.1 Å². The number of alkyl halides is 1. The Balaban J connectivity index is 1.32. The van der Waals surface area contributed by atoms with Gasteiger partial charge in [-0.3, -0.25) is 0 Å². The molecule has 7 heteroatoms. The lowest BCUT2D eigenvalue weighted by molar-refractivity contribution is -0.0117. The first kappa shape index (κ1) is 22.6. The van der Waals surface area contributed by atoms with Gasteiger partial charge in [0.2, 0.25) is 6.30 Å². The summed E-state index contributed by atoms with van der Waals surface area (Å²) in [7, 11) is 0. The van der Waals surface area contributed by atoms with Crippen LogP contribution in [0.5, 0.6) is 11.5 Å². The van der Waals surface area contributed by atoms with Gasteiger partial charge in [-0.2, -0.15) is 5.10 Å². The first-order chi connectivity index (χ1) is 16.9. The molecule has 1 heterocycles. The molecule has 2 unspecified atom stereocenters. The number of para-hydroxylation sites is 1. The molecule has 1 aromatic heterocycles. The number of aliphatic hydroxyl groups is 1. The molecule has 0 saturated carbocycles. The van der Waals surface area contributed by atoms with Gasteiger partial charge in [-0.05, 0) is 85.3 Å². The van der Waals surface area contributed by atoms with Gasteiger partial charge in [0.25, 0.3) is 0 Å². The number of nitrogens with one attached hydrogen (secondary N) is 1. The molecule has 0 fully saturated rings. The van der Waals surface area contributed by atoms with Gasteiger partial charge in [0.15, 0.2) is 0 Å². The molecule has 0 bridgehead atoms. The normalized spacial score (nSPS) is 13.8. The Labute approximate surface area is 201 Å². The number of benzene rings is 4. The third kappa shape index (κ3) is 4.72. The summed E-state index contributed by atoms with van der Waals surface area (Å²) in [4.78, 5) is 0. The maximum Gasteiger partial charge on any atom is 0.203 e. The van der Waals surface area contributed by atoms with Crippen LogP contribution in [0.15, 0.2) is 103 Å². The van der Waals surface area contributed by atoms with Crippen molar-refractivity contribution in [3.63, 3.8) is 0 Å². The summed E-state index contributed by atoms with van der Waals surface area (Å²) in [6.07, 6.45) is -0.155. The summed E-state index contributed by atoms with van der Waals surface area (Å²) in [5.74, 6) is 0.994. The zero-order valence-electron chi connectivity index (χ0n) is 18.9. The molecule has 2 N–H and O–H groups in total. The topological polar surface area (TPSA) is 59.3 Å². The van der Waals surface area contributed by atoms with Gasteiger partial charge in [0.05, 0.1) is 17.4 Å². The predicted octanol–water partition coefficient (Wildman–Crippen LogP) is 6.57. The predicted molar refractivity (Wildman–Crippen MR) is 132 cm³/mol. The lowest BCUT2D eigenvalue weighted by Crippen LogP contribution is -2.38. The Morgan fingerprint density at radius 3 is 2.31 bits per heavy atom. The molecular weight excluding hydrogens is 448 g/mol. The molecule has 0 aliphatic heterocycles. The smallest absolute Gasteiger partial charge is 0.203 e. The van der Waals surface area contributed by atoms with Crippen LogP contribution in [0.25, 0.3) is 16.6 Å². The zero-order valence-corrected chi connectivity index (χ0v) is 18.9. The largest absolute Gasteiger partial charge is 0.457 e. The van der Waals surface area contributed by atoms with Crippen molar-refractivity contribution in [2.45, 2.75) is 18.8 Å². The first-order valence-corrected chi connectivity index (χ1v) is 11.1. The summed E-state index contributed by atoms with van der Waals surface area (Å²) >= 11 is 0. The highest BCUT2D eigenvalue weighted by Crippen LogP contribution is 2.32. The molecule has 0 radical (unpaired) electrons. The van der Waals surface area contributed by atoms with Crippen molar-refractivity contribution in [2.24, 2.45) is 0 Å². The summed E-state index contributed by atoms with van der Waals surface area (Å²) in [6.45, 7) is 1.42. The van der Waals surface area contributed by atoms with E-state index in [0.29, 0.717) is 28.4 Å². The zero-order chi connectivity index (χ0) is 24.4. The van der Waals surface area contributed by atoms with E-state index >= 15 is 4.39 Å². The van der Waals surface area contributed by atoms with Gasteiger partial charge >= 0.3 is 0 Å². The van der Waals surface area contributed by atoms with Crippen molar-refractivity contribution in [3.05, 3.63) is 115 Å². The maximum atomic E-state index is 15.3. The number of ether oxygens (including phenoxy) is 1. The molecule has 5 rings (SSSR count). The number of aromatic nitrogens is 2. The fraction of sp³-hybridized carbons (Fsp3) is 0.107. The minimum absolute atomic E-state index is 0.330. The molecular formula is C28H23F2N3O2. The Hall–Kier alpha value is -4.23. The van der Waals surface area contributed by atoms with Crippen LogP contribution in [0.2, 0.25) is 0 Å². The standard InChI is InChI=1S/C28H23F2N3O2/c1-28(34,27(30)32-22-10-14-25(15-11-22)35-24-5-3-2-4-6-24)20-7-16-26-19(17-20)18-31-33(26)23-12-8-21(29)9-13-23/h2-18,27,32,34H,1H3. The van der Waals surface area contributed by atoms with E-state index in [-0.39, 0.29) is 5.82 Å². The van der Waals surface area contributed by atoms with Gasteiger partial charge in [-0.15, -0.1) is 0 Å². The molecule has 35 heavy (non-hydrogen) atoms. The van der Waals surface area contributed by atoms with Crippen molar-refractivity contribution < 1.29 is 18.6 Å². The van der Waals surface area contributed by atoms with Crippen LogP contribution in [0, 0.1) is 5.82 Å². The van der Waals surface area contributed by atoms with Gasteiger partial charge in [0, 0.05) is 11.1 Å². The molecule has 0 spiro atoms. The van der Waals surface area contributed by atoms with E-state index in [2.05, 4.69) is 10.4 Å². The van der Waals surface area contributed by atoms with Crippen molar-refractivity contribution >= 4 is 16.6 Å². The monoisotopic (exact) mass is 471 g/mol. The van der Waals surface area contributed by atoms with Crippen LogP contribution in [0.4, 0.5) is 14.5 Å². The summed E-state index contributed by atoms with van der Waals surface area (Å²) < 4.78 is 35.9. The fourth-order valence-corrected chi connectivity index (χ4v) is 3.81. The minimum atomic E-state index is -1.81. The Bertz CT molecular complexity index is 1430. The fourth-order valence-electron chi connectivity index (χ4n) is 3.81. The third-order valence-corrected chi connectivity index (χ3v) is 5.84. The summed E-state index contributed by atoms with van der Waals surface area (Å²) in [6, 6.07) is 27.3. The number of rotatable bonds is 7. The molecule has 4 aromatic carbocycles. The number of fused-ring (bicyclic) bond motifs is 1. The molecule has 0 aliphatic rings. The first-order valence-electron chi connectivity index (χ1n) is 11.1. The van der Waals surface area contributed by atoms with Crippen LogP contribution in [-0.2, 0) is 5.60 Å². The van der Waals surface area contributed by atoms with Crippen LogP contribution < -0.4 is 10.1 Å². The van der Waals surface area contributed by atoms with Crippen LogP contribution in [0.3, 0.4) is 0 Å². The van der Waals surface area contributed by atoms with Gasteiger partial charge in [0.1, 0.15) is 22.9 Å². The second kappa shape index (κ2) is 9.19. The Kier molecular flexibility index (Phi) is 5.93. The van der Waals surface area contributed by atoms with E-state index in [4.69, 9.17) is 4.74 Å². The second-order valence-electron chi connectivity index (χ2n) is 8.40. The van der Waals surface area contributed by atoms with E-state index in [1.807, 2.05) is 30.3 Å². The maximum absolute atomic E-state index is 15.3. The van der Waals surface area contributed by atoms with Gasteiger partial charge in [-0.25, -0.2) is 13.5 Å². The highest BCUT2D eigenvalue weighted by atomic mass is 19.1. The Morgan fingerprint density at radius 2 is 1.60 bits per heavy atom. The minimum Gasteiger partial charge on any atom is -0.457 e.